The summed E-state index contributed by atoms with van der Waals surface area (Å²) in [6, 6.07) is 0. The molecular weight excluding hydrogens is 162 g/mol. The monoisotopic (exact) mass is 183 g/mol. The van der Waals surface area contributed by atoms with E-state index in [0.717, 1.165) is 19.4 Å². The van der Waals surface area contributed by atoms with Gasteiger partial charge in [-0.1, -0.05) is 13.3 Å². The van der Waals surface area contributed by atoms with E-state index in [1.807, 2.05) is 6.92 Å². The highest BCUT2D eigenvalue weighted by atomic mass is 16.1. The van der Waals surface area contributed by atoms with Crippen LogP contribution in [0.5, 0.6) is 0 Å². The van der Waals surface area contributed by atoms with Crippen molar-refractivity contribution in [1.82, 2.24) is 4.90 Å². The van der Waals surface area contributed by atoms with Crippen LogP contribution in [0.1, 0.15) is 40.0 Å². The van der Waals surface area contributed by atoms with Crippen LogP contribution in [0.3, 0.4) is 0 Å². The fourth-order valence-corrected chi connectivity index (χ4v) is 2.05. The van der Waals surface area contributed by atoms with E-state index in [9.17, 15) is 4.79 Å². The van der Waals surface area contributed by atoms with E-state index in [1.54, 1.807) is 0 Å². The molecule has 76 valence electrons. The minimum atomic E-state index is 0.178. The Balaban J connectivity index is 2.50. The van der Waals surface area contributed by atoms with E-state index < -0.39 is 0 Å². The molecule has 1 aliphatic rings. The molecule has 0 aromatic rings. The lowest BCUT2D eigenvalue weighted by Crippen LogP contribution is -2.49. The van der Waals surface area contributed by atoms with E-state index in [-0.39, 0.29) is 5.92 Å². The summed E-state index contributed by atoms with van der Waals surface area (Å²) in [7, 11) is 0. The predicted octanol–water partition coefficient (Wildman–Crippen LogP) is 2.09. The highest BCUT2D eigenvalue weighted by Crippen LogP contribution is 2.27. The Morgan fingerprint density at radius 3 is 2.69 bits per heavy atom. The normalized spacial score (nSPS) is 25.5. The first-order valence-corrected chi connectivity index (χ1v) is 5.26. The summed E-state index contributed by atoms with van der Waals surface area (Å²) in [6.07, 6.45) is 4.94. The van der Waals surface area contributed by atoms with Gasteiger partial charge in [-0.15, -0.1) is 0 Å². The third-order valence-corrected chi connectivity index (χ3v) is 3.06. The van der Waals surface area contributed by atoms with E-state index in [1.165, 1.54) is 19.3 Å². The minimum absolute atomic E-state index is 0.178. The first kappa shape index (κ1) is 10.7. The Kier molecular flexibility index (Phi) is 3.48. The number of nitrogens with zero attached hydrogens (tertiary/aromatic N) is 1. The molecule has 13 heavy (non-hydrogen) atoms. The van der Waals surface area contributed by atoms with Gasteiger partial charge in [-0.25, -0.2) is 0 Å². The second-order valence-corrected chi connectivity index (χ2v) is 4.83. The minimum Gasteiger partial charge on any atom is -0.303 e. The average Bonchev–Trinajstić information content (AvgIpc) is 2.08. The number of aldehydes is 1. The lowest BCUT2D eigenvalue weighted by Gasteiger charge is -2.43. The molecule has 1 fully saturated rings. The lowest BCUT2D eigenvalue weighted by atomic mass is 9.89. The topological polar surface area (TPSA) is 20.3 Å². The van der Waals surface area contributed by atoms with Gasteiger partial charge in [0.25, 0.3) is 0 Å². The number of hydrogen-bond donors (Lipinski definition) is 0. The Hall–Kier alpha value is -0.370. The maximum absolute atomic E-state index is 10.6. The van der Waals surface area contributed by atoms with Crippen LogP contribution in [0.2, 0.25) is 0 Å². The van der Waals surface area contributed by atoms with Crippen molar-refractivity contribution in [2.75, 3.05) is 13.1 Å². The number of likely N-dealkylation sites (tertiary alicyclic amines) is 1. The van der Waals surface area contributed by atoms with E-state index >= 15 is 0 Å². The molecule has 1 heterocycles. The smallest absolute Gasteiger partial charge is 0.124 e. The van der Waals surface area contributed by atoms with Gasteiger partial charge in [0.2, 0.25) is 0 Å². The summed E-state index contributed by atoms with van der Waals surface area (Å²) in [6.45, 7) is 8.65. The molecule has 1 saturated heterocycles. The number of rotatable bonds is 3. The van der Waals surface area contributed by atoms with Gasteiger partial charge in [0.15, 0.2) is 0 Å². The molecule has 2 heteroatoms. The zero-order chi connectivity index (χ0) is 9.90. The third kappa shape index (κ3) is 2.80. The number of carbonyl (C=O) groups is 1. The summed E-state index contributed by atoms with van der Waals surface area (Å²) in [5, 5.41) is 0. The van der Waals surface area contributed by atoms with Crippen molar-refractivity contribution >= 4 is 6.29 Å². The van der Waals surface area contributed by atoms with Crippen LogP contribution in [0, 0.1) is 5.92 Å². The molecule has 0 amide bonds. The van der Waals surface area contributed by atoms with Crippen molar-refractivity contribution in [3.05, 3.63) is 0 Å². The zero-order valence-corrected chi connectivity index (χ0v) is 9.05. The highest BCUT2D eigenvalue weighted by molar-refractivity contribution is 5.53. The molecule has 1 unspecified atom stereocenters. The van der Waals surface area contributed by atoms with Gasteiger partial charge in [0.05, 0.1) is 0 Å². The second-order valence-electron chi connectivity index (χ2n) is 4.83. The largest absolute Gasteiger partial charge is 0.303 e. The van der Waals surface area contributed by atoms with Crippen LogP contribution in [-0.2, 0) is 4.79 Å². The summed E-state index contributed by atoms with van der Waals surface area (Å²) >= 11 is 0. The molecule has 1 atom stereocenters. The van der Waals surface area contributed by atoms with Crippen LogP contribution in [-0.4, -0.2) is 29.8 Å². The number of carbonyl (C=O) groups excluding carboxylic acids is 1. The van der Waals surface area contributed by atoms with Gasteiger partial charge in [0.1, 0.15) is 6.29 Å². The Bertz CT molecular complexity index is 177. The van der Waals surface area contributed by atoms with Crippen LogP contribution in [0.25, 0.3) is 0 Å². The van der Waals surface area contributed by atoms with Gasteiger partial charge in [0, 0.05) is 18.0 Å². The third-order valence-electron chi connectivity index (χ3n) is 3.06. The predicted molar refractivity (Wildman–Crippen MR) is 54.7 cm³/mol. The van der Waals surface area contributed by atoms with E-state index in [4.69, 9.17) is 0 Å². The Morgan fingerprint density at radius 2 is 2.15 bits per heavy atom. The summed E-state index contributed by atoms with van der Waals surface area (Å²) in [4.78, 5) is 13.0. The average molecular weight is 183 g/mol. The number of piperidine rings is 1. The fraction of sp³-hybridized carbons (Fsp3) is 0.909. The van der Waals surface area contributed by atoms with E-state index in [0.29, 0.717) is 5.54 Å². The van der Waals surface area contributed by atoms with Gasteiger partial charge in [-0.3, -0.25) is 4.90 Å². The molecule has 0 radical (unpaired) electrons. The fourth-order valence-electron chi connectivity index (χ4n) is 2.05. The van der Waals surface area contributed by atoms with Crippen molar-refractivity contribution in [1.29, 1.82) is 0 Å². The Morgan fingerprint density at radius 1 is 1.46 bits per heavy atom. The van der Waals surface area contributed by atoms with Crippen LogP contribution in [0.4, 0.5) is 0 Å². The molecule has 1 aliphatic heterocycles. The molecule has 0 aromatic heterocycles. The second kappa shape index (κ2) is 4.23. The summed E-state index contributed by atoms with van der Waals surface area (Å²) < 4.78 is 0. The molecule has 0 saturated carbocycles. The van der Waals surface area contributed by atoms with Crippen molar-refractivity contribution in [3.63, 3.8) is 0 Å². The molecule has 2 nitrogen and oxygen atoms in total. The molecule has 0 bridgehead atoms. The lowest BCUT2D eigenvalue weighted by molar-refractivity contribution is -0.111. The first-order chi connectivity index (χ1) is 6.06. The van der Waals surface area contributed by atoms with Crippen LogP contribution >= 0.6 is 0 Å². The van der Waals surface area contributed by atoms with Crippen molar-refractivity contribution in [3.8, 4) is 0 Å². The van der Waals surface area contributed by atoms with Gasteiger partial charge in [-0.05, 0) is 33.2 Å². The molecule has 0 aromatic carbocycles. The zero-order valence-electron chi connectivity index (χ0n) is 9.05. The highest BCUT2D eigenvalue weighted by Gasteiger charge is 2.29. The Labute approximate surface area is 81.3 Å². The maximum Gasteiger partial charge on any atom is 0.124 e. The first-order valence-electron chi connectivity index (χ1n) is 5.26. The van der Waals surface area contributed by atoms with Crippen molar-refractivity contribution < 1.29 is 4.79 Å². The van der Waals surface area contributed by atoms with Crippen molar-refractivity contribution in [2.24, 2.45) is 5.92 Å². The molecule has 0 spiro atoms. The molecule has 1 rings (SSSR count). The van der Waals surface area contributed by atoms with Crippen LogP contribution < -0.4 is 0 Å². The molecular formula is C11H21NO. The van der Waals surface area contributed by atoms with Gasteiger partial charge < -0.3 is 4.79 Å². The van der Waals surface area contributed by atoms with E-state index in [2.05, 4.69) is 18.7 Å². The van der Waals surface area contributed by atoms with Gasteiger partial charge >= 0.3 is 0 Å². The quantitative estimate of drug-likeness (QED) is 0.624. The standard InChI is InChI=1S/C11H21NO/c1-10(9-13)8-12-7-5-4-6-11(12,2)3/h9-10H,4-8H2,1-3H3. The molecule has 0 aliphatic carbocycles. The van der Waals surface area contributed by atoms with Crippen molar-refractivity contribution in [2.45, 2.75) is 45.6 Å². The van der Waals surface area contributed by atoms with Crippen LogP contribution in [0.15, 0.2) is 0 Å². The SMILES string of the molecule is CC(C=O)CN1CCCCC1(C)C. The summed E-state index contributed by atoms with van der Waals surface area (Å²) in [5.74, 6) is 0.178. The summed E-state index contributed by atoms with van der Waals surface area (Å²) in [5.41, 5.74) is 0.301. The number of hydrogen-bond acceptors (Lipinski definition) is 2. The maximum atomic E-state index is 10.6. The van der Waals surface area contributed by atoms with Gasteiger partial charge in [-0.2, -0.15) is 0 Å². The molecule has 0 N–H and O–H groups in total.